The minimum atomic E-state index is -0.588. The van der Waals surface area contributed by atoms with Crippen LogP contribution < -0.4 is 5.73 Å². The monoisotopic (exact) mass is 241 g/mol. The lowest BCUT2D eigenvalue weighted by atomic mass is 9.98. The molecule has 2 rings (SSSR count). The van der Waals surface area contributed by atoms with Crippen LogP contribution in [-0.4, -0.2) is 5.11 Å². The van der Waals surface area contributed by atoms with Gasteiger partial charge in [-0.15, -0.1) is 0 Å². The van der Waals surface area contributed by atoms with Crippen LogP contribution in [0.2, 0.25) is 0 Å². The third-order valence-electron chi connectivity index (χ3n) is 3.31. The Morgan fingerprint density at radius 2 is 1.67 bits per heavy atom. The minimum absolute atomic E-state index is 0.588. The summed E-state index contributed by atoms with van der Waals surface area (Å²) in [6.07, 6.45) is 0.423. The number of hydrogen-bond donors (Lipinski definition) is 2. The molecule has 2 nitrogen and oxygen atoms in total. The van der Waals surface area contributed by atoms with Crippen LogP contribution in [0.1, 0.15) is 35.3 Å². The third kappa shape index (κ3) is 2.54. The molecule has 2 aromatic rings. The van der Waals surface area contributed by atoms with E-state index in [4.69, 9.17) is 5.73 Å². The second kappa shape index (κ2) is 5.23. The van der Waals surface area contributed by atoms with Crippen LogP contribution in [0, 0.1) is 6.92 Å². The lowest BCUT2D eigenvalue weighted by Gasteiger charge is -2.13. The van der Waals surface area contributed by atoms with Gasteiger partial charge in [0.2, 0.25) is 0 Å². The number of nitrogen functional groups attached to an aromatic ring is 1. The third-order valence-corrected chi connectivity index (χ3v) is 3.31. The van der Waals surface area contributed by atoms with Gasteiger partial charge in [0.05, 0.1) is 0 Å². The van der Waals surface area contributed by atoms with Gasteiger partial charge < -0.3 is 10.8 Å². The molecule has 0 saturated carbocycles. The standard InChI is InChI=1S/C16H19NO/c1-3-12-4-6-13(7-5-12)16(18)14-8-9-15(17)11(2)10-14/h4-10,16,18H,3,17H2,1-2H3. The normalized spacial score (nSPS) is 12.4. The second-order valence-electron chi connectivity index (χ2n) is 4.61. The van der Waals surface area contributed by atoms with E-state index in [9.17, 15) is 5.11 Å². The summed E-state index contributed by atoms with van der Waals surface area (Å²) in [4.78, 5) is 0. The Kier molecular flexibility index (Phi) is 3.68. The van der Waals surface area contributed by atoms with E-state index in [2.05, 4.69) is 19.1 Å². The van der Waals surface area contributed by atoms with E-state index in [-0.39, 0.29) is 0 Å². The Labute approximate surface area is 108 Å². The van der Waals surface area contributed by atoms with Gasteiger partial charge >= 0.3 is 0 Å². The summed E-state index contributed by atoms with van der Waals surface area (Å²) in [6, 6.07) is 13.7. The number of hydrogen-bond acceptors (Lipinski definition) is 2. The number of aliphatic hydroxyl groups is 1. The molecule has 3 N–H and O–H groups in total. The van der Waals surface area contributed by atoms with E-state index in [0.717, 1.165) is 28.8 Å². The average molecular weight is 241 g/mol. The van der Waals surface area contributed by atoms with Crippen molar-refractivity contribution in [3.05, 3.63) is 64.7 Å². The molecule has 0 fully saturated rings. The van der Waals surface area contributed by atoms with E-state index < -0.39 is 6.10 Å². The van der Waals surface area contributed by atoms with Crippen LogP contribution in [-0.2, 0) is 6.42 Å². The van der Waals surface area contributed by atoms with E-state index in [0.29, 0.717) is 0 Å². The molecule has 0 bridgehead atoms. The summed E-state index contributed by atoms with van der Waals surface area (Å²) >= 11 is 0. The number of aryl methyl sites for hydroxylation is 2. The molecule has 2 heteroatoms. The van der Waals surface area contributed by atoms with Crippen LogP contribution >= 0.6 is 0 Å². The van der Waals surface area contributed by atoms with Crippen LogP contribution in [0.3, 0.4) is 0 Å². The van der Waals surface area contributed by atoms with Crippen molar-refractivity contribution in [2.24, 2.45) is 0 Å². The SMILES string of the molecule is CCc1ccc(C(O)c2ccc(N)c(C)c2)cc1. The van der Waals surface area contributed by atoms with Crippen molar-refractivity contribution in [3.8, 4) is 0 Å². The van der Waals surface area contributed by atoms with Crippen molar-refractivity contribution in [1.29, 1.82) is 0 Å². The van der Waals surface area contributed by atoms with Gasteiger partial charge in [-0.2, -0.15) is 0 Å². The van der Waals surface area contributed by atoms with Crippen molar-refractivity contribution in [2.45, 2.75) is 26.4 Å². The van der Waals surface area contributed by atoms with Gasteiger partial charge in [-0.1, -0.05) is 43.3 Å². The second-order valence-corrected chi connectivity index (χ2v) is 4.61. The summed E-state index contributed by atoms with van der Waals surface area (Å²) in [6.45, 7) is 4.07. The van der Waals surface area contributed by atoms with E-state index in [1.807, 2.05) is 37.3 Å². The first-order valence-electron chi connectivity index (χ1n) is 6.24. The molecule has 94 valence electrons. The molecule has 1 unspecified atom stereocenters. The van der Waals surface area contributed by atoms with Crippen molar-refractivity contribution in [3.63, 3.8) is 0 Å². The van der Waals surface area contributed by atoms with Crippen LogP contribution in [0.4, 0.5) is 5.69 Å². The largest absolute Gasteiger partial charge is 0.399 e. The Bertz CT molecular complexity index is 531. The zero-order valence-corrected chi connectivity index (χ0v) is 10.9. The number of benzene rings is 2. The highest BCUT2D eigenvalue weighted by Gasteiger charge is 2.10. The molecule has 2 aromatic carbocycles. The molecule has 0 saturated heterocycles. The molecule has 0 heterocycles. The quantitative estimate of drug-likeness (QED) is 0.810. The zero-order valence-electron chi connectivity index (χ0n) is 10.9. The van der Waals surface area contributed by atoms with Crippen LogP contribution in [0.15, 0.2) is 42.5 Å². The molecule has 0 amide bonds. The molecule has 0 spiro atoms. The van der Waals surface area contributed by atoms with Gasteiger partial charge in [-0.3, -0.25) is 0 Å². The Morgan fingerprint density at radius 1 is 1.06 bits per heavy atom. The highest BCUT2D eigenvalue weighted by atomic mass is 16.3. The molecule has 18 heavy (non-hydrogen) atoms. The lowest BCUT2D eigenvalue weighted by molar-refractivity contribution is 0.220. The fourth-order valence-electron chi connectivity index (χ4n) is 2.00. The molecule has 0 aliphatic carbocycles. The lowest BCUT2D eigenvalue weighted by Crippen LogP contribution is -2.01. The minimum Gasteiger partial charge on any atom is -0.399 e. The van der Waals surface area contributed by atoms with Gasteiger partial charge in [-0.05, 0) is 41.7 Å². The predicted octanol–water partition coefficient (Wildman–Crippen LogP) is 3.22. The fourth-order valence-corrected chi connectivity index (χ4v) is 2.00. The molecule has 0 radical (unpaired) electrons. The molecule has 1 atom stereocenters. The van der Waals surface area contributed by atoms with Crippen molar-refractivity contribution >= 4 is 5.69 Å². The summed E-state index contributed by atoms with van der Waals surface area (Å²) in [5, 5.41) is 10.3. The number of anilines is 1. The first-order valence-corrected chi connectivity index (χ1v) is 6.24. The highest BCUT2D eigenvalue weighted by molar-refractivity contribution is 5.49. The first-order chi connectivity index (χ1) is 8.61. The van der Waals surface area contributed by atoms with Crippen molar-refractivity contribution in [1.82, 2.24) is 0 Å². The number of aliphatic hydroxyl groups excluding tert-OH is 1. The van der Waals surface area contributed by atoms with Gasteiger partial charge in [0, 0.05) is 5.69 Å². The predicted molar refractivity (Wildman–Crippen MR) is 75.5 cm³/mol. The summed E-state index contributed by atoms with van der Waals surface area (Å²) < 4.78 is 0. The molecule has 0 aliphatic rings. The summed E-state index contributed by atoms with van der Waals surface area (Å²) in [5.41, 5.74) is 10.6. The van der Waals surface area contributed by atoms with Gasteiger partial charge in [0.1, 0.15) is 6.10 Å². The molecule has 0 aromatic heterocycles. The van der Waals surface area contributed by atoms with Crippen molar-refractivity contribution in [2.75, 3.05) is 5.73 Å². The Balaban J connectivity index is 2.28. The molecular formula is C16H19NO. The van der Waals surface area contributed by atoms with Crippen LogP contribution in [0.25, 0.3) is 0 Å². The smallest absolute Gasteiger partial charge is 0.104 e. The van der Waals surface area contributed by atoms with Gasteiger partial charge in [-0.25, -0.2) is 0 Å². The Morgan fingerprint density at radius 3 is 2.22 bits per heavy atom. The average Bonchev–Trinajstić information content (AvgIpc) is 2.41. The maximum Gasteiger partial charge on any atom is 0.104 e. The summed E-state index contributed by atoms with van der Waals surface area (Å²) in [5.74, 6) is 0. The van der Waals surface area contributed by atoms with Crippen LogP contribution in [0.5, 0.6) is 0 Å². The maximum absolute atomic E-state index is 10.3. The Hall–Kier alpha value is -1.80. The van der Waals surface area contributed by atoms with Gasteiger partial charge in [0.25, 0.3) is 0 Å². The van der Waals surface area contributed by atoms with Gasteiger partial charge in [0.15, 0.2) is 0 Å². The maximum atomic E-state index is 10.3. The van der Waals surface area contributed by atoms with E-state index in [1.165, 1.54) is 5.56 Å². The first kappa shape index (κ1) is 12.7. The number of nitrogens with two attached hydrogens (primary N) is 1. The topological polar surface area (TPSA) is 46.2 Å². The molecular weight excluding hydrogens is 222 g/mol. The zero-order chi connectivity index (χ0) is 13.1. The molecule has 0 aliphatic heterocycles. The van der Waals surface area contributed by atoms with Crippen molar-refractivity contribution < 1.29 is 5.11 Å². The fraction of sp³-hybridized carbons (Fsp3) is 0.250. The number of rotatable bonds is 3. The summed E-state index contributed by atoms with van der Waals surface area (Å²) in [7, 11) is 0. The van der Waals surface area contributed by atoms with E-state index in [1.54, 1.807) is 0 Å². The highest BCUT2D eigenvalue weighted by Crippen LogP contribution is 2.25. The van der Waals surface area contributed by atoms with E-state index >= 15 is 0 Å².